The summed E-state index contributed by atoms with van der Waals surface area (Å²) in [5, 5.41) is 0. The van der Waals surface area contributed by atoms with Crippen LogP contribution >= 0.6 is 38.5 Å². The minimum Gasteiger partial charge on any atom is -0.463 e. The highest BCUT2D eigenvalue weighted by atomic mass is 127. The molecule has 1 rings (SSSR count). The number of carbonyl (C=O) groups is 2. The van der Waals surface area contributed by atoms with Crippen LogP contribution in [-0.4, -0.2) is 18.9 Å². The summed E-state index contributed by atoms with van der Waals surface area (Å²) in [6.45, 7) is 0. The van der Waals surface area contributed by atoms with Crippen LogP contribution in [0.5, 0.6) is 0 Å². The van der Waals surface area contributed by atoms with Crippen LogP contribution in [0.3, 0.4) is 0 Å². The van der Waals surface area contributed by atoms with Gasteiger partial charge in [0.25, 0.3) is 5.78 Å². The number of hydrogen-bond acceptors (Lipinski definition) is 3. The van der Waals surface area contributed by atoms with Crippen LogP contribution in [0.15, 0.2) is 22.7 Å². The van der Waals surface area contributed by atoms with Crippen molar-refractivity contribution in [2.24, 2.45) is 0 Å². The Labute approximate surface area is 103 Å². The third kappa shape index (κ3) is 2.54. The monoisotopic (exact) mass is 368 g/mol. The van der Waals surface area contributed by atoms with Crippen LogP contribution in [0.1, 0.15) is 10.4 Å². The topological polar surface area (TPSA) is 43.4 Å². The lowest BCUT2D eigenvalue weighted by Gasteiger charge is -2.02. The molecule has 0 amide bonds. The van der Waals surface area contributed by atoms with Crippen molar-refractivity contribution in [2.45, 2.75) is 0 Å². The number of ketones is 1. The standard InChI is InChI=1S/C9H6BrIO3/c1-14-9(13)8(12)6-4-5(10)2-3-7(6)11/h2-4H,1H3. The molecule has 3 nitrogen and oxygen atoms in total. The molecule has 74 valence electrons. The Balaban J connectivity index is 3.12. The van der Waals surface area contributed by atoms with E-state index < -0.39 is 11.8 Å². The Morgan fingerprint density at radius 2 is 2.07 bits per heavy atom. The number of carbonyl (C=O) groups excluding carboxylic acids is 2. The van der Waals surface area contributed by atoms with E-state index in [4.69, 9.17) is 0 Å². The van der Waals surface area contributed by atoms with Crippen LogP contribution in [0, 0.1) is 3.57 Å². The van der Waals surface area contributed by atoms with Gasteiger partial charge in [0.05, 0.1) is 7.11 Å². The summed E-state index contributed by atoms with van der Waals surface area (Å²) in [5.74, 6) is -1.47. The zero-order valence-corrected chi connectivity index (χ0v) is 11.0. The lowest BCUT2D eigenvalue weighted by Crippen LogP contribution is -2.16. The van der Waals surface area contributed by atoms with E-state index in [1.165, 1.54) is 7.11 Å². The highest BCUT2D eigenvalue weighted by Crippen LogP contribution is 2.19. The van der Waals surface area contributed by atoms with E-state index in [2.05, 4.69) is 20.7 Å². The summed E-state index contributed by atoms with van der Waals surface area (Å²) < 4.78 is 5.83. The Morgan fingerprint density at radius 1 is 1.43 bits per heavy atom. The lowest BCUT2D eigenvalue weighted by molar-refractivity contribution is -0.135. The van der Waals surface area contributed by atoms with Gasteiger partial charge in [-0.05, 0) is 40.8 Å². The van der Waals surface area contributed by atoms with Crippen LogP contribution in [-0.2, 0) is 9.53 Å². The number of benzene rings is 1. The molecule has 0 aliphatic heterocycles. The second-order valence-corrected chi connectivity index (χ2v) is 4.52. The van der Waals surface area contributed by atoms with Gasteiger partial charge in [-0.1, -0.05) is 15.9 Å². The number of methoxy groups -OCH3 is 1. The molecule has 0 radical (unpaired) electrons. The number of halogens is 2. The van der Waals surface area contributed by atoms with Gasteiger partial charge in [0.2, 0.25) is 0 Å². The molecule has 0 saturated carbocycles. The van der Waals surface area contributed by atoms with E-state index in [0.717, 1.165) is 8.04 Å². The molecule has 0 heterocycles. The average Bonchev–Trinajstić information content (AvgIpc) is 2.19. The van der Waals surface area contributed by atoms with Gasteiger partial charge in [-0.3, -0.25) is 4.79 Å². The van der Waals surface area contributed by atoms with Crippen molar-refractivity contribution >= 4 is 50.3 Å². The minimum atomic E-state index is -0.846. The highest BCUT2D eigenvalue weighted by molar-refractivity contribution is 14.1. The summed E-state index contributed by atoms with van der Waals surface area (Å²) in [4.78, 5) is 22.4. The maximum atomic E-state index is 11.4. The van der Waals surface area contributed by atoms with Crippen molar-refractivity contribution in [3.8, 4) is 0 Å². The first-order chi connectivity index (χ1) is 6.56. The second-order valence-electron chi connectivity index (χ2n) is 2.44. The maximum Gasteiger partial charge on any atom is 0.379 e. The van der Waals surface area contributed by atoms with Crippen molar-refractivity contribution in [3.63, 3.8) is 0 Å². The van der Waals surface area contributed by atoms with E-state index in [9.17, 15) is 9.59 Å². The summed E-state index contributed by atoms with van der Waals surface area (Å²) >= 11 is 5.22. The van der Waals surface area contributed by atoms with E-state index in [1.807, 2.05) is 22.6 Å². The molecule has 0 fully saturated rings. The molecule has 1 aromatic rings. The van der Waals surface area contributed by atoms with Gasteiger partial charge >= 0.3 is 5.97 Å². The maximum absolute atomic E-state index is 11.4. The quantitative estimate of drug-likeness (QED) is 0.348. The number of hydrogen-bond donors (Lipinski definition) is 0. The summed E-state index contributed by atoms with van der Waals surface area (Å²) in [7, 11) is 1.19. The zero-order chi connectivity index (χ0) is 10.7. The van der Waals surface area contributed by atoms with Crippen molar-refractivity contribution in [1.29, 1.82) is 0 Å². The second kappa shape index (κ2) is 4.88. The number of Topliss-reactive ketones (excluding diaryl/α,β-unsaturated/α-hetero) is 1. The van der Waals surface area contributed by atoms with Gasteiger partial charge in [-0.2, -0.15) is 0 Å². The Morgan fingerprint density at radius 3 is 2.64 bits per heavy atom. The average molecular weight is 369 g/mol. The van der Waals surface area contributed by atoms with Crippen molar-refractivity contribution in [1.82, 2.24) is 0 Å². The predicted molar refractivity (Wildman–Crippen MR) is 63.2 cm³/mol. The van der Waals surface area contributed by atoms with Crippen LogP contribution in [0.2, 0.25) is 0 Å². The molecule has 1 aromatic carbocycles. The molecule has 0 unspecified atom stereocenters. The van der Waals surface area contributed by atoms with Gasteiger partial charge in [-0.15, -0.1) is 0 Å². The molecule has 0 aliphatic carbocycles. The Kier molecular flexibility index (Phi) is 4.06. The fourth-order valence-corrected chi connectivity index (χ4v) is 1.82. The molecular weight excluding hydrogens is 363 g/mol. The molecule has 14 heavy (non-hydrogen) atoms. The molecule has 0 spiro atoms. The first-order valence-corrected chi connectivity index (χ1v) is 5.51. The van der Waals surface area contributed by atoms with Crippen molar-refractivity contribution in [2.75, 3.05) is 7.11 Å². The molecule has 5 heteroatoms. The number of rotatable bonds is 2. The molecule has 0 N–H and O–H groups in total. The predicted octanol–water partition coefficient (Wildman–Crippen LogP) is 2.41. The summed E-state index contributed by atoms with van der Waals surface area (Å²) in [5.41, 5.74) is 0.354. The SMILES string of the molecule is COC(=O)C(=O)c1cc(Br)ccc1I. The molecule has 0 bridgehead atoms. The van der Waals surface area contributed by atoms with E-state index >= 15 is 0 Å². The summed E-state index contributed by atoms with van der Waals surface area (Å²) in [6, 6.07) is 5.15. The third-order valence-corrected chi connectivity index (χ3v) is 2.98. The van der Waals surface area contributed by atoms with Crippen LogP contribution in [0.4, 0.5) is 0 Å². The molecule has 0 atom stereocenters. The minimum absolute atomic E-state index is 0.354. The smallest absolute Gasteiger partial charge is 0.379 e. The summed E-state index contributed by atoms with van der Waals surface area (Å²) in [6.07, 6.45) is 0. The van der Waals surface area contributed by atoms with E-state index in [1.54, 1.807) is 18.2 Å². The first kappa shape index (κ1) is 11.6. The fourth-order valence-electron chi connectivity index (χ4n) is 0.874. The highest BCUT2D eigenvalue weighted by Gasteiger charge is 2.19. The first-order valence-electron chi connectivity index (χ1n) is 3.64. The normalized spacial score (nSPS) is 9.64. The van der Waals surface area contributed by atoms with Crippen molar-refractivity contribution in [3.05, 3.63) is 31.8 Å². The zero-order valence-electron chi connectivity index (χ0n) is 7.21. The van der Waals surface area contributed by atoms with E-state index in [0.29, 0.717) is 5.56 Å². The third-order valence-electron chi connectivity index (χ3n) is 1.54. The number of ether oxygens (including phenoxy) is 1. The van der Waals surface area contributed by atoms with Gasteiger partial charge < -0.3 is 4.74 Å². The Bertz CT molecular complexity index is 390. The largest absolute Gasteiger partial charge is 0.463 e. The van der Waals surface area contributed by atoms with Crippen LogP contribution < -0.4 is 0 Å². The van der Waals surface area contributed by atoms with E-state index in [-0.39, 0.29) is 0 Å². The lowest BCUT2D eigenvalue weighted by atomic mass is 10.1. The molecule has 0 saturated heterocycles. The molecule has 0 aromatic heterocycles. The molecule has 0 aliphatic rings. The van der Waals surface area contributed by atoms with Gasteiger partial charge in [0.1, 0.15) is 0 Å². The van der Waals surface area contributed by atoms with Gasteiger partial charge in [-0.25, -0.2) is 4.79 Å². The number of esters is 1. The van der Waals surface area contributed by atoms with Crippen molar-refractivity contribution < 1.29 is 14.3 Å². The van der Waals surface area contributed by atoms with Crippen LogP contribution in [0.25, 0.3) is 0 Å². The van der Waals surface area contributed by atoms with Gasteiger partial charge in [0, 0.05) is 13.6 Å². The van der Waals surface area contributed by atoms with Gasteiger partial charge in [0.15, 0.2) is 0 Å². The fraction of sp³-hybridized carbons (Fsp3) is 0.111. The Hall–Kier alpha value is -0.430. The molecular formula is C9H6BrIO3.